The van der Waals surface area contributed by atoms with Gasteiger partial charge in [0.2, 0.25) is 0 Å². The summed E-state index contributed by atoms with van der Waals surface area (Å²) in [5.41, 5.74) is 5.73. The van der Waals surface area contributed by atoms with Gasteiger partial charge in [0.15, 0.2) is 5.82 Å². The predicted octanol–water partition coefficient (Wildman–Crippen LogP) is 0.130. The van der Waals surface area contributed by atoms with Crippen LogP contribution in [0.4, 0.5) is 11.5 Å². The molecule has 0 atom stereocenters. The molecule has 0 aliphatic carbocycles. The second kappa shape index (κ2) is 5.39. The van der Waals surface area contributed by atoms with Crippen molar-refractivity contribution in [2.75, 3.05) is 43.4 Å². The fourth-order valence-electron chi connectivity index (χ4n) is 2.31. The fourth-order valence-corrected chi connectivity index (χ4v) is 2.31. The van der Waals surface area contributed by atoms with Crippen LogP contribution in [0.25, 0.3) is 0 Å². The van der Waals surface area contributed by atoms with Crippen LogP contribution in [0.5, 0.6) is 0 Å². The van der Waals surface area contributed by atoms with Crippen molar-refractivity contribution in [3.8, 4) is 0 Å². The van der Waals surface area contributed by atoms with Gasteiger partial charge in [-0.3, -0.25) is 9.69 Å². The first-order valence-electron chi connectivity index (χ1n) is 6.38. The van der Waals surface area contributed by atoms with Crippen LogP contribution in [0.1, 0.15) is 13.8 Å². The molecule has 1 aliphatic heterocycles. The Bertz CT molecular complexity index is 448. The Morgan fingerprint density at radius 2 is 2.06 bits per heavy atom. The molecule has 100 valence electrons. The molecule has 1 fully saturated rings. The fraction of sp³-hybridized carbons (Fsp3) is 0.667. The second-order valence-electron chi connectivity index (χ2n) is 5.15. The third-order valence-electron chi connectivity index (χ3n) is 3.16. The molecule has 6 nitrogen and oxygen atoms in total. The summed E-state index contributed by atoms with van der Waals surface area (Å²) in [5.74, 6) is 1.29. The van der Waals surface area contributed by atoms with Crippen LogP contribution in [-0.2, 0) is 0 Å². The predicted molar refractivity (Wildman–Crippen MR) is 72.8 cm³/mol. The van der Waals surface area contributed by atoms with Crippen LogP contribution in [0.3, 0.4) is 0 Å². The maximum absolute atomic E-state index is 11.4. The number of aromatic nitrogens is 2. The number of hydrogen-bond acceptors (Lipinski definition) is 5. The van der Waals surface area contributed by atoms with E-state index < -0.39 is 0 Å². The molecular weight excluding hydrogens is 230 g/mol. The Kier molecular flexibility index (Phi) is 3.86. The van der Waals surface area contributed by atoms with Crippen molar-refractivity contribution in [2.24, 2.45) is 5.92 Å². The maximum atomic E-state index is 11.4. The average molecular weight is 251 g/mol. The quantitative estimate of drug-likeness (QED) is 0.798. The number of nitrogens with two attached hydrogens (primary N) is 1. The average Bonchev–Trinajstić information content (AvgIpc) is 2.33. The van der Waals surface area contributed by atoms with Gasteiger partial charge in [0.25, 0.3) is 5.56 Å². The zero-order valence-electron chi connectivity index (χ0n) is 11.0. The van der Waals surface area contributed by atoms with Gasteiger partial charge in [-0.25, -0.2) is 4.98 Å². The minimum Gasteiger partial charge on any atom is -0.391 e. The lowest BCUT2D eigenvalue weighted by atomic mass is 10.2. The lowest BCUT2D eigenvalue weighted by Crippen LogP contribution is -2.48. The van der Waals surface area contributed by atoms with E-state index in [0.29, 0.717) is 11.7 Å². The number of nitrogen functional groups attached to an aromatic ring is 1. The van der Waals surface area contributed by atoms with Crippen molar-refractivity contribution >= 4 is 11.5 Å². The smallest absolute Gasteiger partial charge is 0.276 e. The molecule has 1 aromatic rings. The van der Waals surface area contributed by atoms with E-state index in [1.165, 1.54) is 6.33 Å². The highest BCUT2D eigenvalue weighted by molar-refractivity contribution is 5.61. The molecule has 2 heterocycles. The Hall–Kier alpha value is -1.56. The lowest BCUT2D eigenvalue weighted by Gasteiger charge is -2.36. The molecule has 2 rings (SSSR count). The molecule has 1 aliphatic rings. The van der Waals surface area contributed by atoms with Crippen LogP contribution in [0.15, 0.2) is 11.1 Å². The highest BCUT2D eigenvalue weighted by Gasteiger charge is 2.20. The van der Waals surface area contributed by atoms with Gasteiger partial charge in [0.1, 0.15) is 5.69 Å². The number of H-pyrrole nitrogens is 1. The summed E-state index contributed by atoms with van der Waals surface area (Å²) >= 11 is 0. The van der Waals surface area contributed by atoms with Gasteiger partial charge in [-0.2, -0.15) is 0 Å². The van der Waals surface area contributed by atoms with Crippen molar-refractivity contribution in [3.63, 3.8) is 0 Å². The Balaban J connectivity index is 2.01. The van der Waals surface area contributed by atoms with Crippen LogP contribution in [-0.4, -0.2) is 47.6 Å². The topological polar surface area (TPSA) is 78.2 Å². The molecule has 6 heteroatoms. The first kappa shape index (κ1) is 12.9. The number of anilines is 2. The molecular formula is C12H21N5O. The zero-order chi connectivity index (χ0) is 13.1. The van der Waals surface area contributed by atoms with Gasteiger partial charge < -0.3 is 15.6 Å². The SMILES string of the molecule is CC(C)CN1CCN(c2nc[nH]c(=O)c2N)CC1. The van der Waals surface area contributed by atoms with Crippen LogP contribution in [0.2, 0.25) is 0 Å². The Morgan fingerprint density at radius 3 is 2.67 bits per heavy atom. The van der Waals surface area contributed by atoms with Crippen LogP contribution < -0.4 is 16.2 Å². The van der Waals surface area contributed by atoms with E-state index in [-0.39, 0.29) is 11.2 Å². The number of aromatic amines is 1. The summed E-state index contributed by atoms with van der Waals surface area (Å²) in [6, 6.07) is 0. The van der Waals surface area contributed by atoms with Crippen LogP contribution >= 0.6 is 0 Å². The molecule has 3 N–H and O–H groups in total. The van der Waals surface area contributed by atoms with Crippen molar-refractivity contribution < 1.29 is 0 Å². The van der Waals surface area contributed by atoms with Gasteiger partial charge >= 0.3 is 0 Å². The van der Waals surface area contributed by atoms with E-state index in [9.17, 15) is 4.79 Å². The number of nitrogens with zero attached hydrogens (tertiary/aromatic N) is 3. The largest absolute Gasteiger partial charge is 0.391 e. The summed E-state index contributed by atoms with van der Waals surface area (Å²) in [4.78, 5) is 22.6. The highest BCUT2D eigenvalue weighted by Crippen LogP contribution is 2.17. The minimum atomic E-state index is -0.260. The van der Waals surface area contributed by atoms with E-state index in [4.69, 9.17) is 5.73 Å². The molecule has 0 radical (unpaired) electrons. The van der Waals surface area contributed by atoms with Gasteiger partial charge in [-0.05, 0) is 5.92 Å². The van der Waals surface area contributed by atoms with E-state index >= 15 is 0 Å². The van der Waals surface area contributed by atoms with Crippen LogP contribution in [0, 0.1) is 5.92 Å². The summed E-state index contributed by atoms with van der Waals surface area (Å²) in [6.07, 6.45) is 1.41. The maximum Gasteiger partial charge on any atom is 0.276 e. The van der Waals surface area contributed by atoms with Crippen molar-refractivity contribution in [1.82, 2.24) is 14.9 Å². The first-order valence-corrected chi connectivity index (χ1v) is 6.38. The molecule has 18 heavy (non-hydrogen) atoms. The summed E-state index contributed by atoms with van der Waals surface area (Å²) in [7, 11) is 0. The highest BCUT2D eigenvalue weighted by atomic mass is 16.1. The van der Waals surface area contributed by atoms with Crippen molar-refractivity contribution in [3.05, 3.63) is 16.7 Å². The van der Waals surface area contributed by atoms with Crippen molar-refractivity contribution in [1.29, 1.82) is 0 Å². The monoisotopic (exact) mass is 251 g/mol. The third kappa shape index (κ3) is 2.81. The van der Waals surface area contributed by atoms with Gasteiger partial charge in [0.05, 0.1) is 6.33 Å². The lowest BCUT2D eigenvalue weighted by molar-refractivity contribution is 0.231. The molecule has 0 spiro atoms. The molecule has 0 saturated carbocycles. The molecule has 1 aromatic heterocycles. The molecule has 0 aromatic carbocycles. The van der Waals surface area contributed by atoms with Crippen molar-refractivity contribution in [2.45, 2.75) is 13.8 Å². The third-order valence-corrected chi connectivity index (χ3v) is 3.16. The van der Waals surface area contributed by atoms with E-state index in [0.717, 1.165) is 32.7 Å². The zero-order valence-corrected chi connectivity index (χ0v) is 11.0. The number of rotatable bonds is 3. The first-order chi connectivity index (χ1) is 8.58. The number of nitrogens with one attached hydrogen (secondary N) is 1. The van der Waals surface area contributed by atoms with E-state index in [1.54, 1.807) is 0 Å². The number of hydrogen-bond donors (Lipinski definition) is 2. The van der Waals surface area contributed by atoms with Gasteiger partial charge in [-0.1, -0.05) is 13.8 Å². The standard InChI is InChI=1S/C12H21N5O/c1-9(2)7-16-3-5-17(6-4-16)11-10(13)12(18)15-8-14-11/h8-9H,3-7,13H2,1-2H3,(H,14,15,18). The van der Waals surface area contributed by atoms with Gasteiger partial charge in [-0.15, -0.1) is 0 Å². The van der Waals surface area contributed by atoms with Gasteiger partial charge in [0, 0.05) is 32.7 Å². The summed E-state index contributed by atoms with van der Waals surface area (Å²) < 4.78 is 0. The van der Waals surface area contributed by atoms with E-state index in [2.05, 4.69) is 33.6 Å². The molecule has 0 amide bonds. The Morgan fingerprint density at radius 1 is 1.39 bits per heavy atom. The summed E-state index contributed by atoms with van der Waals surface area (Å²) in [6.45, 7) is 9.29. The molecule has 0 bridgehead atoms. The molecule has 0 unspecified atom stereocenters. The number of piperazine rings is 1. The summed E-state index contributed by atoms with van der Waals surface area (Å²) in [5, 5.41) is 0. The second-order valence-corrected chi connectivity index (χ2v) is 5.15. The normalized spacial score (nSPS) is 17.4. The Labute approximate surface area is 107 Å². The minimum absolute atomic E-state index is 0.217. The molecule has 1 saturated heterocycles. The van der Waals surface area contributed by atoms with E-state index in [1.807, 2.05) is 0 Å².